The minimum atomic E-state index is 0.332. The molecule has 0 saturated heterocycles. The Kier molecular flexibility index (Phi) is 16.1. The van der Waals surface area contributed by atoms with E-state index >= 15 is 0 Å². The van der Waals surface area contributed by atoms with Crippen LogP contribution < -0.4 is 0 Å². The van der Waals surface area contributed by atoms with Crippen LogP contribution in [0.3, 0.4) is 0 Å². The molecule has 0 spiro atoms. The third kappa shape index (κ3) is 10.9. The van der Waals surface area contributed by atoms with E-state index in [1.165, 1.54) is 71.9 Å². The van der Waals surface area contributed by atoms with Crippen LogP contribution in [0.1, 0.15) is 198 Å². The highest BCUT2D eigenvalue weighted by atomic mass is 16.3. The normalized spacial score (nSPS) is 14.5. The zero-order chi connectivity index (χ0) is 50.9. The second kappa shape index (κ2) is 21.6. The van der Waals surface area contributed by atoms with Crippen molar-refractivity contribution in [3.63, 3.8) is 0 Å². The van der Waals surface area contributed by atoms with Gasteiger partial charge in [0.15, 0.2) is 0 Å². The largest absolute Gasteiger partial charge is 0.508 e. The van der Waals surface area contributed by atoms with Gasteiger partial charge >= 0.3 is 0 Å². The molecule has 6 aromatic rings. The molecule has 0 amide bonds. The predicted molar refractivity (Wildman–Crippen MR) is 288 cm³/mol. The molecule has 6 N–H and O–H groups in total. The number of hydrogen-bond acceptors (Lipinski definition) is 6. The Hall–Kier alpha value is -5.88. The Labute approximate surface area is 419 Å². The molecule has 2 fully saturated rings. The lowest BCUT2D eigenvalue weighted by Crippen LogP contribution is -2.08. The molecule has 2 saturated carbocycles. The lowest BCUT2D eigenvalue weighted by molar-refractivity contribution is 0.411. The number of phenols is 6. The van der Waals surface area contributed by atoms with E-state index in [2.05, 4.69) is 65.8 Å². The summed E-state index contributed by atoms with van der Waals surface area (Å²) < 4.78 is 0. The van der Waals surface area contributed by atoms with Gasteiger partial charge in [-0.05, 0) is 280 Å². The standard InChI is InChI=1S/2C32H40O3/c2*1-18-12-30(33)22(5)20(3)27(18)15-24-14-26(17-28-19(2)13-31(34)23(6)21(28)4)32(35)29(16-24)25-10-8-7-9-11-25/h2*12-14,16,25,33-35H,7-11,15,17H2,1-6H3. The van der Waals surface area contributed by atoms with Crippen LogP contribution in [0, 0.1) is 83.1 Å². The lowest BCUT2D eigenvalue weighted by atomic mass is 9.80. The zero-order valence-electron chi connectivity index (χ0n) is 44.4. The van der Waals surface area contributed by atoms with Crippen LogP contribution in [0.4, 0.5) is 0 Å². The second-order valence-corrected chi connectivity index (χ2v) is 21.5. The van der Waals surface area contributed by atoms with Crippen LogP contribution in [-0.4, -0.2) is 30.6 Å². The SMILES string of the molecule is Cc1cc(O)c(C)c(C)c1Cc1cc(Cc2c(C)cc(O)c(C)c2C)c(O)c(C2CCCCC2)c1.Cc1cc(O)c(C)c(C)c1Cc1cc(Cc2c(C)cc(O)c(C)c2C)c(O)c(C2CCCCC2)c1. The summed E-state index contributed by atoms with van der Waals surface area (Å²) in [6.45, 7) is 24.4. The molecule has 0 aromatic heterocycles. The quantitative estimate of drug-likeness (QED) is 0.0814. The third-order valence-corrected chi connectivity index (χ3v) is 17.1. The van der Waals surface area contributed by atoms with Gasteiger partial charge in [-0.25, -0.2) is 0 Å². The van der Waals surface area contributed by atoms with Gasteiger partial charge in [0.2, 0.25) is 0 Å². The smallest absolute Gasteiger partial charge is 0.122 e. The van der Waals surface area contributed by atoms with E-state index in [1.807, 2.05) is 65.8 Å². The number of aryl methyl sites for hydroxylation is 4. The molecule has 0 atom stereocenters. The van der Waals surface area contributed by atoms with Gasteiger partial charge in [-0.3, -0.25) is 0 Å². The average molecular weight is 945 g/mol. The minimum Gasteiger partial charge on any atom is -0.508 e. The molecule has 6 nitrogen and oxygen atoms in total. The summed E-state index contributed by atoms with van der Waals surface area (Å²) >= 11 is 0. The average Bonchev–Trinajstić information content (AvgIpc) is 3.33. The molecule has 0 unspecified atom stereocenters. The molecule has 372 valence electrons. The van der Waals surface area contributed by atoms with Crippen LogP contribution in [0.5, 0.6) is 34.5 Å². The number of phenolic OH excluding ortho intramolecular Hbond substituents is 6. The van der Waals surface area contributed by atoms with Gasteiger partial charge < -0.3 is 30.6 Å². The van der Waals surface area contributed by atoms with Crippen molar-refractivity contribution in [2.75, 3.05) is 0 Å². The van der Waals surface area contributed by atoms with Crippen LogP contribution >= 0.6 is 0 Å². The van der Waals surface area contributed by atoms with Gasteiger partial charge in [0.1, 0.15) is 34.5 Å². The number of hydrogen-bond donors (Lipinski definition) is 6. The Morgan fingerprint density at radius 2 is 0.571 bits per heavy atom. The Morgan fingerprint density at radius 1 is 0.314 bits per heavy atom. The van der Waals surface area contributed by atoms with Gasteiger partial charge in [-0.15, -0.1) is 0 Å². The first-order valence-corrected chi connectivity index (χ1v) is 26.0. The van der Waals surface area contributed by atoms with Gasteiger partial charge in [0, 0.05) is 12.8 Å². The van der Waals surface area contributed by atoms with E-state index in [9.17, 15) is 30.6 Å². The summed E-state index contributed by atoms with van der Waals surface area (Å²) in [6.07, 6.45) is 14.8. The first-order chi connectivity index (χ1) is 33.2. The molecule has 70 heavy (non-hydrogen) atoms. The second-order valence-electron chi connectivity index (χ2n) is 21.5. The first kappa shape index (κ1) is 52.0. The van der Waals surface area contributed by atoms with E-state index in [4.69, 9.17) is 0 Å². The van der Waals surface area contributed by atoms with Crippen molar-refractivity contribution in [2.45, 2.75) is 185 Å². The molecule has 0 aliphatic heterocycles. The maximum Gasteiger partial charge on any atom is 0.122 e. The highest BCUT2D eigenvalue weighted by Gasteiger charge is 2.25. The molecule has 0 radical (unpaired) electrons. The Morgan fingerprint density at radius 3 is 0.843 bits per heavy atom. The molecule has 2 aliphatic rings. The molecular weight excluding hydrogens is 865 g/mol. The highest BCUT2D eigenvalue weighted by molar-refractivity contribution is 5.57. The van der Waals surface area contributed by atoms with E-state index in [-0.39, 0.29) is 0 Å². The molecule has 6 heteroatoms. The van der Waals surface area contributed by atoms with Gasteiger partial charge in [0.05, 0.1) is 0 Å². The maximum absolute atomic E-state index is 11.5. The van der Waals surface area contributed by atoms with E-state index in [1.54, 1.807) is 0 Å². The molecule has 8 rings (SSSR count). The summed E-state index contributed by atoms with van der Waals surface area (Å²) in [7, 11) is 0. The van der Waals surface area contributed by atoms with Crippen LogP contribution in [0.25, 0.3) is 0 Å². The maximum atomic E-state index is 11.5. The number of benzene rings is 6. The van der Waals surface area contributed by atoms with Crippen LogP contribution in [-0.2, 0) is 25.7 Å². The summed E-state index contributed by atoms with van der Waals surface area (Å²) in [5.74, 6) is 3.06. The van der Waals surface area contributed by atoms with Gasteiger partial charge in [-0.2, -0.15) is 0 Å². The molecule has 2 aliphatic carbocycles. The fourth-order valence-corrected chi connectivity index (χ4v) is 11.8. The van der Waals surface area contributed by atoms with Crippen LogP contribution in [0.15, 0.2) is 48.5 Å². The van der Waals surface area contributed by atoms with Crippen molar-refractivity contribution >= 4 is 0 Å². The molecule has 0 heterocycles. The fraction of sp³-hybridized carbons (Fsp3) is 0.438. The van der Waals surface area contributed by atoms with Crippen molar-refractivity contribution in [2.24, 2.45) is 0 Å². The van der Waals surface area contributed by atoms with Gasteiger partial charge in [0.25, 0.3) is 0 Å². The molecule has 0 bridgehead atoms. The summed E-state index contributed by atoms with van der Waals surface area (Å²) in [5.41, 5.74) is 23.8. The van der Waals surface area contributed by atoms with Crippen molar-refractivity contribution < 1.29 is 30.6 Å². The topological polar surface area (TPSA) is 121 Å². The monoisotopic (exact) mass is 945 g/mol. The van der Waals surface area contributed by atoms with Crippen molar-refractivity contribution in [1.82, 2.24) is 0 Å². The third-order valence-electron chi connectivity index (χ3n) is 17.1. The predicted octanol–water partition coefficient (Wildman–Crippen LogP) is 15.8. The fourth-order valence-electron chi connectivity index (χ4n) is 11.8. The van der Waals surface area contributed by atoms with Crippen molar-refractivity contribution in [3.8, 4) is 34.5 Å². The molecule has 6 aromatic carbocycles. The first-order valence-electron chi connectivity index (χ1n) is 26.0. The van der Waals surface area contributed by atoms with Crippen molar-refractivity contribution in [1.29, 1.82) is 0 Å². The lowest BCUT2D eigenvalue weighted by Gasteiger charge is -2.25. The number of rotatable bonds is 10. The van der Waals surface area contributed by atoms with Crippen LogP contribution in [0.2, 0.25) is 0 Å². The summed E-state index contributed by atoms with van der Waals surface area (Å²) in [6, 6.07) is 16.2. The van der Waals surface area contributed by atoms with E-state index < -0.39 is 0 Å². The molecular formula is C64H80O6. The minimum absolute atomic E-state index is 0.332. The Balaban J connectivity index is 0.000000206. The highest BCUT2D eigenvalue weighted by Crippen LogP contribution is 2.44. The van der Waals surface area contributed by atoms with Crippen molar-refractivity contribution in [3.05, 3.63) is 171 Å². The summed E-state index contributed by atoms with van der Waals surface area (Å²) in [4.78, 5) is 0. The summed E-state index contributed by atoms with van der Waals surface area (Å²) in [5, 5.41) is 64.1. The van der Waals surface area contributed by atoms with Gasteiger partial charge in [-0.1, -0.05) is 62.8 Å². The van der Waals surface area contributed by atoms with E-state index in [0.717, 1.165) is 128 Å². The Bertz CT molecular complexity index is 2720. The zero-order valence-corrected chi connectivity index (χ0v) is 44.4. The van der Waals surface area contributed by atoms with E-state index in [0.29, 0.717) is 59.2 Å². The number of aromatic hydroxyl groups is 6.